The summed E-state index contributed by atoms with van der Waals surface area (Å²) < 4.78 is 33.9. The summed E-state index contributed by atoms with van der Waals surface area (Å²) in [4.78, 5) is 26.5. The van der Waals surface area contributed by atoms with Crippen LogP contribution in [0.5, 0.6) is 0 Å². The molecule has 0 saturated heterocycles. The molecule has 2 aromatic rings. The number of ether oxygens (including phenoxy) is 2. The minimum Gasteiger partial charge on any atom is -0.434 e. The molecule has 0 amide bonds. The number of carbonyl (C=O) groups is 1. The van der Waals surface area contributed by atoms with E-state index in [1.807, 2.05) is 6.07 Å². The lowest BCUT2D eigenvalue weighted by atomic mass is 9.95. The molecule has 0 heterocycles. The van der Waals surface area contributed by atoms with E-state index < -0.39 is 21.1 Å². The van der Waals surface area contributed by atoms with Gasteiger partial charge in [0.05, 0.1) is 24.7 Å². The van der Waals surface area contributed by atoms with Crippen molar-refractivity contribution in [3.63, 3.8) is 0 Å². The molecule has 0 fully saturated rings. The lowest BCUT2D eigenvalue weighted by Crippen LogP contribution is -2.12. The van der Waals surface area contributed by atoms with E-state index in [9.17, 15) is 28.4 Å². The number of unbranched alkanes of at least 4 members (excludes halogenated alkanes) is 2. The minimum atomic E-state index is -3.38. The second-order valence-corrected chi connectivity index (χ2v) is 9.30. The number of aliphatic hydroxyl groups excluding tert-OH is 1. The van der Waals surface area contributed by atoms with Gasteiger partial charge in [0.1, 0.15) is 6.61 Å². The number of aliphatic hydroxyl groups is 1. The van der Waals surface area contributed by atoms with E-state index in [2.05, 4.69) is 4.84 Å². The highest BCUT2D eigenvalue weighted by Gasteiger charge is 2.16. The van der Waals surface area contributed by atoms with Crippen molar-refractivity contribution < 1.29 is 37.7 Å². The first kappa shape index (κ1) is 26.8. The SMILES string of the molecule is CS(=O)(=O)c1ccc(C(COC(=O)OCCCCCO[N+](=O)[O-])=C(CO)c2ccccc2)cc1. The van der Waals surface area contributed by atoms with Crippen molar-refractivity contribution in [3.05, 3.63) is 75.8 Å². The highest BCUT2D eigenvalue weighted by molar-refractivity contribution is 7.90. The summed E-state index contributed by atoms with van der Waals surface area (Å²) >= 11 is 0. The zero-order valence-corrected chi connectivity index (χ0v) is 19.5. The summed E-state index contributed by atoms with van der Waals surface area (Å²) in [6, 6.07) is 15.1. The van der Waals surface area contributed by atoms with Gasteiger partial charge >= 0.3 is 6.16 Å². The first-order chi connectivity index (χ1) is 16.2. The fourth-order valence-corrected chi connectivity index (χ4v) is 3.73. The normalized spacial score (nSPS) is 11.9. The third-order valence-electron chi connectivity index (χ3n) is 4.82. The van der Waals surface area contributed by atoms with E-state index in [0.717, 1.165) is 11.8 Å². The summed E-state index contributed by atoms with van der Waals surface area (Å²) in [5, 5.41) is 19.3. The van der Waals surface area contributed by atoms with Gasteiger partial charge in [0.2, 0.25) is 0 Å². The van der Waals surface area contributed by atoms with Gasteiger partial charge in [-0.2, -0.15) is 0 Å². The van der Waals surface area contributed by atoms with Crippen LogP contribution in [0.15, 0.2) is 59.5 Å². The topological polar surface area (TPSA) is 142 Å². The van der Waals surface area contributed by atoms with Crippen molar-refractivity contribution in [1.29, 1.82) is 0 Å². The maximum Gasteiger partial charge on any atom is 0.508 e. The van der Waals surface area contributed by atoms with Gasteiger partial charge in [0.15, 0.2) is 9.84 Å². The summed E-state index contributed by atoms with van der Waals surface area (Å²) in [5.74, 6) is 0. The van der Waals surface area contributed by atoms with Gasteiger partial charge in [-0.1, -0.05) is 42.5 Å². The standard InChI is InChI=1S/C23H27NO9S/c1-34(29,30)20-12-10-19(11-13-20)22(21(16-25)18-8-4-2-5-9-18)17-32-23(26)31-14-6-3-7-15-33-24(27)28/h2,4-5,8-13,25H,3,6-7,14-17H2,1H3. The number of rotatable bonds is 13. The Morgan fingerprint density at radius 1 is 0.912 bits per heavy atom. The van der Waals surface area contributed by atoms with Gasteiger partial charge in [0, 0.05) is 11.8 Å². The minimum absolute atomic E-state index is 0.0207. The van der Waals surface area contributed by atoms with Crippen LogP contribution in [0.3, 0.4) is 0 Å². The van der Waals surface area contributed by atoms with Gasteiger partial charge in [-0.25, -0.2) is 13.2 Å². The molecule has 0 atom stereocenters. The van der Waals surface area contributed by atoms with Crippen LogP contribution >= 0.6 is 0 Å². The first-order valence-electron chi connectivity index (χ1n) is 10.5. The average molecular weight is 494 g/mol. The smallest absolute Gasteiger partial charge is 0.434 e. The highest BCUT2D eigenvalue weighted by Crippen LogP contribution is 2.27. The van der Waals surface area contributed by atoms with Gasteiger partial charge in [-0.3, -0.25) is 0 Å². The van der Waals surface area contributed by atoms with E-state index in [1.165, 1.54) is 12.1 Å². The van der Waals surface area contributed by atoms with Crippen molar-refractivity contribution in [2.75, 3.05) is 32.7 Å². The second kappa shape index (κ2) is 13.3. The quantitative estimate of drug-likeness (QED) is 0.146. The molecule has 0 aliphatic carbocycles. The molecule has 2 aromatic carbocycles. The van der Waals surface area contributed by atoms with E-state index >= 15 is 0 Å². The molecule has 34 heavy (non-hydrogen) atoms. The Morgan fingerprint density at radius 3 is 2.12 bits per heavy atom. The molecule has 0 aliphatic heterocycles. The molecule has 184 valence electrons. The Bertz CT molecular complexity index is 1080. The van der Waals surface area contributed by atoms with Gasteiger partial charge in [-0.05, 0) is 48.1 Å². The van der Waals surface area contributed by atoms with E-state index in [1.54, 1.807) is 36.4 Å². The molecule has 0 aliphatic rings. The summed E-state index contributed by atoms with van der Waals surface area (Å²) in [5.41, 5.74) is 2.33. The molecule has 0 bridgehead atoms. The third kappa shape index (κ3) is 8.83. The molecule has 0 radical (unpaired) electrons. The first-order valence-corrected chi connectivity index (χ1v) is 12.4. The van der Waals surface area contributed by atoms with Crippen LogP contribution in [0.25, 0.3) is 11.1 Å². The summed E-state index contributed by atoms with van der Waals surface area (Å²) in [6.07, 6.45) is 1.71. The Kier molecular flexibility index (Phi) is 10.5. The van der Waals surface area contributed by atoms with E-state index in [-0.39, 0.29) is 31.3 Å². The number of sulfone groups is 1. The van der Waals surface area contributed by atoms with Crippen LogP contribution in [0.2, 0.25) is 0 Å². The Labute approximate surface area is 197 Å². The molecular weight excluding hydrogens is 466 g/mol. The van der Waals surface area contributed by atoms with Gasteiger partial charge < -0.3 is 19.4 Å². The second-order valence-electron chi connectivity index (χ2n) is 7.28. The summed E-state index contributed by atoms with van der Waals surface area (Å²) in [7, 11) is -3.38. The van der Waals surface area contributed by atoms with Crippen molar-refractivity contribution in [3.8, 4) is 0 Å². The number of hydrogen-bond donors (Lipinski definition) is 1. The number of nitrogens with zero attached hydrogens (tertiary/aromatic N) is 1. The van der Waals surface area contributed by atoms with Crippen molar-refractivity contribution in [2.45, 2.75) is 24.2 Å². The molecule has 0 spiro atoms. The molecule has 2 rings (SSSR count). The van der Waals surface area contributed by atoms with Crippen molar-refractivity contribution in [1.82, 2.24) is 0 Å². The van der Waals surface area contributed by atoms with Crippen LogP contribution in [-0.4, -0.2) is 57.4 Å². The Morgan fingerprint density at radius 2 is 1.53 bits per heavy atom. The maximum atomic E-state index is 12.1. The number of benzene rings is 2. The molecule has 1 N–H and O–H groups in total. The molecule has 10 nitrogen and oxygen atoms in total. The van der Waals surface area contributed by atoms with Crippen LogP contribution in [0.1, 0.15) is 30.4 Å². The predicted molar refractivity (Wildman–Crippen MR) is 124 cm³/mol. The zero-order valence-electron chi connectivity index (χ0n) is 18.7. The largest absolute Gasteiger partial charge is 0.508 e. The van der Waals surface area contributed by atoms with Crippen LogP contribution in [-0.2, 0) is 24.1 Å². The van der Waals surface area contributed by atoms with Crippen LogP contribution < -0.4 is 0 Å². The zero-order chi connectivity index (χ0) is 25.0. The molecule has 0 unspecified atom stereocenters. The number of hydrogen-bond acceptors (Lipinski definition) is 9. The van der Waals surface area contributed by atoms with Gasteiger partial charge in [-0.15, -0.1) is 10.1 Å². The van der Waals surface area contributed by atoms with Crippen molar-refractivity contribution in [2.24, 2.45) is 0 Å². The average Bonchev–Trinajstić information content (AvgIpc) is 2.81. The highest BCUT2D eigenvalue weighted by atomic mass is 32.2. The third-order valence-corrected chi connectivity index (χ3v) is 5.94. The Hall–Kier alpha value is -3.44. The molecular formula is C23H27NO9S. The Balaban J connectivity index is 2.09. The van der Waals surface area contributed by atoms with E-state index in [4.69, 9.17) is 9.47 Å². The lowest BCUT2D eigenvalue weighted by molar-refractivity contribution is -0.757. The maximum absolute atomic E-state index is 12.1. The molecule has 0 aromatic heterocycles. The fraction of sp³-hybridized carbons (Fsp3) is 0.348. The van der Waals surface area contributed by atoms with Crippen LogP contribution in [0.4, 0.5) is 4.79 Å². The van der Waals surface area contributed by atoms with Gasteiger partial charge in [0.25, 0.3) is 5.09 Å². The lowest BCUT2D eigenvalue weighted by Gasteiger charge is -2.16. The van der Waals surface area contributed by atoms with E-state index in [0.29, 0.717) is 36.0 Å². The number of carbonyl (C=O) groups excluding carboxylic acids is 1. The summed E-state index contributed by atoms with van der Waals surface area (Å²) in [6.45, 7) is -0.492. The van der Waals surface area contributed by atoms with Crippen molar-refractivity contribution >= 4 is 27.1 Å². The molecule has 0 saturated carbocycles. The van der Waals surface area contributed by atoms with Crippen LogP contribution in [0, 0.1) is 10.1 Å². The monoisotopic (exact) mass is 493 g/mol. The fourth-order valence-electron chi connectivity index (χ4n) is 3.10. The molecule has 11 heteroatoms. The predicted octanol–water partition coefficient (Wildman–Crippen LogP) is 3.53.